The van der Waals surface area contributed by atoms with Crippen LogP contribution in [0, 0.1) is 5.92 Å². The van der Waals surface area contributed by atoms with Crippen molar-refractivity contribution in [2.24, 2.45) is 5.92 Å². The van der Waals surface area contributed by atoms with Crippen molar-refractivity contribution in [2.75, 3.05) is 20.7 Å². The SMILES string of the molecule is CCC(C)(C(O)C1CCOC2(CCC2)C1)N(C)C. The molecular weight excluding hydrogens is 226 g/mol. The molecule has 0 aromatic rings. The summed E-state index contributed by atoms with van der Waals surface area (Å²) in [6, 6.07) is 0. The molecule has 3 atom stereocenters. The molecule has 0 amide bonds. The monoisotopic (exact) mass is 255 g/mol. The van der Waals surface area contributed by atoms with Gasteiger partial charge in [0.25, 0.3) is 0 Å². The first-order valence-corrected chi connectivity index (χ1v) is 7.43. The van der Waals surface area contributed by atoms with E-state index in [0.29, 0.717) is 5.92 Å². The molecule has 1 saturated carbocycles. The molecule has 0 aromatic carbocycles. The summed E-state index contributed by atoms with van der Waals surface area (Å²) in [7, 11) is 4.15. The number of aliphatic hydroxyl groups is 1. The van der Waals surface area contributed by atoms with Crippen LogP contribution in [0.2, 0.25) is 0 Å². The summed E-state index contributed by atoms with van der Waals surface area (Å²) in [5, 5.41) is 10.8. The standard InChI is InChI=1S/C15H29NO2/c1-5-14(2,16(3)4)13(17)12-7-10-18-15(11-12)8-6-9-15/h12-13,17H,5-11H2,1-4H3. The lowest BCUT2D eigenvalue weighted by Crippen LogP contribution is -2.57. The first-order chi connectivity index (χ1) is 8.43. The molecule has 1 heterocycles. The molecule has 0 aromatic heterocycles. The van der Waals surface area contributed by atoms with Crippen LogP contribution in [-0.2, 0) is 4.74 Å². The zero-order valence-corrected chi connectivity index (χ0v) is 12.4. The molecule has 1 spiro atoms. The second kappa shape index (κ2) is 5.10. The van der Waals surface area contributed by atoms with Gasteiger partial charge in [-0.3, -0.25) is 0 Å². The van der Waals surface area contributed by atoms with Crippen molar-refractivity contribution in [3.63, 3.8) is 0 Å². The van der Waals surface area contributed by atoms with Gasteiger partial charge in [-0.1, -0.05) is 6.92 Å². The van der Waals surface area contributed by atoms with Crippen molar-refractivity contribution in [1.29, 1.82) is 0 Å². The molecule has 1 aliphatic carbocycles. The fourth-order valence-corrected chi connectivity index (χ4v) is 3.55. The number of hydrogen-bond donors (Lipinski definition) is 1. The normalized spacial score (nSPS) is 32.0. The topological polar surface area (TPSA) is 32.7 Å². The van der Waals surface area contributed by atoms with Crippen LogP contribution in [0.1, 0.15) is 52.4 Å². The van der Waals surface area contributed by atoms with Crippen molar-refractivity contribution in [3.8, 4) is 0 Å². The first kappa shape index (κ1) is 14.3. The molecule has 1 saturated heterocycles. The van der Waals surface area contributed by atoms with E-state index in [-0.39, 0.29) is 17.2 Å². The van der Waals surface area contributed by atoms with Gasteiger partial charge in [-0.25, -0.2) is 0 Å². The Hall–Kier alpha value is -0.120. The maximum absolute atomic E-state index is 10.8. The van der Waals surface area contributed by atoms with E-state index in [9.17, 15) is 5.11 Å². The van der Waals surface area contributed by atoms with Crippen molar-refractivity contribution >= 4 is 0 Å². The third kappa shape index (κ3) is 2.33. The molecule has 106 valence electrons. The average Bonchev–Trinajstić information content (AvgIpc) is 2.35. The van der Waals surface area contributed by atoms with Crippen LogP contribution in [-0.4, -0.2) is 48.0 Å². The lowest BCUT2D eigenvalue weighted by molar-refractivity contribution is -0.169. The predicted octanol–water partition coefficient (Wildman–Crippen LogP) is 2.43. The van der Waals surface area contributed by atoms with Gasteiger partial charge in [0.05, 0.1) is 11.7 Å². The molecule has 2 fully saturated rings. The minimum Gasteiger partial charge on any atom is -0.391 e. The number of hydrogen-bond acceptors (Lipinski definition) is 3. The summed E-state index contributed by atoms with van der Waals surface area (Å²) < 4.78 is 5.96. The number of nitrogens with zero attached hydrogens (tertiary/aromatic N) is 1. The minimum absolute atomic E-state index is 0.118. The minimum atomic E-state index is -0.251. The molecule has 2 aliphatic rings. The summed E-state index contributed by atoms with van der Waals surface area (Å²) >= 11 is 0. The van der Waals surface area contributed by atoms with Gasteiger partial charge in [-0.05, 0) is 65.5 Å². The Balaban J connectivity index is 2.05. The number of aliphatic hydroxyl groups excluding tert-OH is 1. The average molecular weight is 255 g/mol. The van der Waals surface area contributed by atoms with Crippen LogP contribution in [0.4, 0.5) is 0 Å². The van der Waals surface area contributed by atoms with Gasteiger partial charge in [-0.15, -0.1) is 0 Å². The van der Waals surface area contributed by atoms with Crippen molar-refractivity contribution in [3.05, 3.63) is 0 Å². The fraction of sp³-hybridized carbons (Fsp3) is 1.00. The number of rotatable bonds is 4. The number of likely N-dealkylation sites (N-methyl/N-ethyl adjacent to an activating group) is 1. The van der Waals surface area contributed by atoms with Gasteiger partial charge >= 0.3 is 0 Å². The third-order valence-electron chi connectivity index (χ3n) is 5.62. The summed E-state index contributed by atoms with van der Waals surface area (Å²) in [4.78, 5) is 2.18. The van der Waals surface area contributed by atoms with Crippen LogP contribution in [0.25, 0.3) is 0 Å². The Morgan fingerprint density at radius 2 is 2.11 bits per heavy atom. The number of ether oxygens (including phenoxy) is 1. The van der Waals surface area contributed by atoms with Crippen LogP contribution in [0.15, 0.2) is 0 Å². The van der Waals surface area contributed by atoms with E-state index in [0.717, 1.165) is 25.9 Å². The highest BCUT2D eigenvalue weighted by molar-refractivity contribution is 5.00. The quantitative estimate of drug-likeness (QED) is 0.837. The second-order valence-electron chi connectivity index (χ2n) is 6.69. The van der Waals surface area contributed by atoms with Crippen LogP contribution in [0.5, 0.6) is 0 Å². The molecule has 1 N–H and O–H groups in total. The molecular formula is C15H29NO2. The zero-order chi connectivity index (χ0) is 13.4. The van der Waals surface area contributed by atoms with Gasteiger partial charge in [0.2, 0.25) is 0 Å². The van der Waals surface area contributed by atoms with Gasteiger partial charge < -0.3 is 14.7 Å². The maximum Gasteiger partial charge on any atom is 0.0750 e. The molecule has 0 radical (unpaired) electrons. The second-order valence-corrected chi connectivity index (χ2v) is 6.69. The smallest absolute Gasteiger partial charge is 0.0750 e. The Bertz CT molecular complexity index is 288. The molecule has 1 aliphatic heterocycles. The third-order valence-corrected chi connectivity index (χ3v) is 5.62. The maximum atomic E-state index is 10.8. The summed E-state index contributed by atoms with van der Waals surface area (Å²) in [6.45, 7) is 5.18. The molecule has 3 unspecified atom stereocenters. The molecule has 3 heteroatoms. The molecule has 2 rings (SSSR count). The highest BCUT2D eigenvalue weighted by Crippen LogP contribution is 2.46. The molecule has 0 bridgehead atoms. The van der Waals surface area contributed by atoms with E-state index in [2.05, 4.69) is 32.8 Å². The lowest BCUT2D eigenvalue weighted by atomic mass is 9.68. The van der Waals surface area contributed by atoms with E-state index in [1.165, 1.54) is 19.3 Å². The van der Waals surface area contributed by atoms with Gasteiger partial charge in [0.1, 0.15) is 0 Å². The van der Waals surface area contributed by atoms with Gasteiger partial charge in [0.15, 0.2) is 0 Å². The van der Waals surface area contributed by atoms with Crippen LogP contribution >= 0.6 is 0 Å². The zero-order valence-electron chi connectivity index (χ0n) is 12.4. The van der Waals surface area contributed by atoms with E-state index in [4.69, 9.17) is 4.74 Å². The Morgan fingerprint density at radius 1 is 1.44 bits per heavy atom. The summed E-state index contributed by atoms with van der Waals surface area (Å²) in [6.07, 6.45) is 6.47. The molecule has 18 heavy (non-hydrogen) atoms. The highest BCUT2D eigenvalue weighted by atomic mass is 16.5. The Morgan fingerprint density at radius 3 is 2.56 bits per heavy atom. The summed E-state index contributed by atoms with van der Waals surface area (Å²) in [5.41, 5.74) is 0.0117. The summed E-state index contributed by atoms with van der Waals surface area (Å²) in [5.74, 6) is 0.395. The van der Waals surface area contributed by atoms with Gasteiger partial charge in [-0.2, -0.15) is 0 Å². The fourth-order valence-electron chi connectivity index (χ4n) is 3.55. The first-order valence-electron chi connectivity index (χ1n) is 7.43. The Kier molecular flexibility index (Phi) is 4.05. The molecule has 3 nitrogen and oxygen atoms in total. The van der Waals surface area contributed by atoms with E-state index in [1.54, 1.807) is 0 Å². The van der Waals surface area contributed by atoms with E-state index < -0.39 is 0 Å². The predicted molar refractivity (Wildman–Crippen MR) is 73.6 cm³/mol. The van der Waals surface area contributed by atoms with Crippen molar-refractivity contribution in [2.45, 2.75) is 69.6 Å². The van der Waals surface area contributed by atoms with Crippen LogP contribution < -0.4 is 0 Å². The Labute approximate surface area is 112 Å². The van der Waals surface area contributed by atoms with Gasteiger partial charge in [0, 0.05) is 12.1 Å². The van der Waals surface area contributed by atoms with E-state index in [1.807, 2.05) is 0 Å². The lowest BCUT2D eigenvalue weighted by Gasteiger charge is -2.51. The van der Waals surface area contributed by atoms with E-state index >= 15 is 0 Å². The largest absolute Gasteiger partial charge is 0.391 e. The highest BCUT2D eigenvalue weighted by Gasteiger charge is 2.47. The van der Waals surface area contributed by atoms with Crippen molar-refractivity contribution < 1.29 is 9.84 Å². The van der Waals surface area contributed by atoms with Crippen LogP contribution in [0.3, 0.4) is 0 Å². The van der Waals surface area contributed by atoms with Crippen molar-refractivity contribution in [1.82, 2.24) is 4.90 Å².